The van der Waals surface area contributed by atoms with Crippen LogP contribution in [0.25, 0.3) is 10.8 Å². The van der Waals surface area contributed by atoms with Gasteiger partial charge in [-0.25, -0.2) is 0 Å². The standard InChI is InChI=1S/C16H16O/c1-5-11-7-6-8-13-14(11)9-12(17)10-15(13)16(2,3)4/h1,6-10,17H,2-4H3. The van der Waals surface area contributed by atoms with Crippen molar-refractivity contribution >= 4 is 10.8 Å². The van der Waals surface area contributed by atoms with Crippen molar-refractivity contribution in [2.45, 2.75) is 26.2 Å². The van der Waals surface area contributed by atoms with Crippen LogP contribution in [0.1, 0.15) is 31.9 Å². The second-order valence-corrected chi connectivity index (χ2v) is 5.29. The number of phenolic OH excluding ortho intramolecular Hbond substituents is 1. The number of phenols is 1. The van der Waals surface area contributed by atoms with E-state index in [1.54, 1.807) is 6.07 Å². The molecule has 0 heterocycles. The van der Waals surface area contributed by atoms with Crippen LogP contribution >= 0.6 is 0 Å². The van der Waals surface area contributed by atoms with Crippen molar-refractivity contribution in [3.05, 3.63) is 41.5 Å². The SMILES string of the molecule is C#Cc1cccc2c(C(C)(C)C)cc(O)cc12. The van der Waals surface area contributed by atoms with E-state index in [1.165, 1.54) is 0 Å². The van der Waals surface area contributed by atoms with Gasteiger partial charge in [-0.3, -0.25) is 0 Å². The summed E-state index contributed by atoms with van der Waals surface area (Å²) in [4.78, 5) is 0. The number of hydrogen-bond acceptors (Lipinski definition) is 1. The zero-order valence-corrected chi connectivity index (χ0v) is 10.4. The van der Waals surface area contributed by atoms with Gasteiger partial charge in [0.25, 0.3) is 0 Å². The van der Waals surface area contributed by atoms with Crippen molar-refractivity contribution in [1.29, 1.82) is 0 Å². The van der Waals surface area contributed by atoms with Gasteiger partial charge < -0.3 is 5.11 Å². The molecule has 1 N–H and O–H groups in total. The minimum absolute atomic E-state index is 0.0236. The van der Waals surface area contributed by atoms with Gasteiger partial charge in [-0.1, -0.05) is 38.8 Å². The monoisotopic (exact) mass is 224 g/mol. The van der Waals surface area contributed by atoms with Crippen LogP contribution in [0.5, 0.6) is 5.75 Å². The second kappa shape index (κ2) is 3.82. The van der Waals surface area contributed by atoms with Gasteiger partial charge in [0, 0.05) is 10.9 Å². The molecule has 0 aromatic heterocycles. The fourth-order valence-electron chi connectivity index (χ4n) is 2.12. The highest BCUT2D eigenvalue weighted by atomic mass is 16.3. The molecule has 0 aliphatic rings. The highest BCUT2D eigenvalue weighted by Crippen LogP contribution is 2.34. The summed E-state index contributed by atoms with van der Waals surface area (Å²) in [5.41, 5.74) is 1.91. The molecule has 1 heteroatoms. The van der Waals surface area contributed by atoms with Gasteiger partial charge in [0.05, 0.1) is 0 Å². The average Bonchev–Trinajstić information content (AvgIpc) is 2.26. The lowest BCUT2D eigenvalue weighted by molar-refractivity contribution is 0.472. The molecule has 2 aromatic rings. The van der Waals surface area contributed by atoms with Crippen LogP contribution in [0.2, 0.25) is 0 Å². The Morgan fingerprint density at radius 3 is 2.41 bits per heavy atom. The molecule has 0 radical (unpaired) electrons. The van der Waals surface area contributed by atoms with Crippen molar-refractivity contribution in [3.8, 4) is 18.1 Å². The maximum Gasteiger partial charge on any atom is 0.116 e. The highest BCUT2D eigenvalue weighted by molar-refractivity contribution is 5.92. The van der Waals surface area contributed by atoms with Gasteiger partial charge in [0.1, 0.15) is 5.75 Å². The smallest absolute Gasteiger partial charge is 0.116 e. The van der Waals surface area contributed by atoms with Gasteiger partial charge in [-0.2, -0.15) is 0 Å². The molecular weight excluding hydrogens is 208 g/mol. The van der Waals surface area contributed by atoms with E-state index >= 15 is 0 Å². The van der Waals surface area contributed by atoms with Crippen molar-refractivity contribution in [1.82, 2.24) is 0 Å². The summed E-state index contributed by atoms with van der Waals surface area (Å²) in [5.74, 6) is 2.93. The number of benzene rings is 2. The summed E-state index contributed by atoms with van der Waals surface area (Å²) >= 11 is 0. The van der Waals surface area contributed by atoms with Gasteiger partial charge in [-0.15, -0.1) is 6.42 Å². The average molecular weight is 224 g/mol. The van der Waals surface area contributed by atoms with E-state index in [4.69, 9.17) is 6.42 Å². The summed E-state index contributed by atoms with van der Waals surface area (Å²) < 4.78 is 0. The van der Waals surface area contributed by atoms with E-state index in [9.17, 15) is 5.11 Å². The van der Waals surface area contributed by atoms with Crippen molar-refractivity contribution in [2.75, 3.05) is 0 Å². The Bertz CT molecular complexity index is 610. The Labute approximate surface area is 102 Å². The van der Waals surface area contributed by atoms with Gasteiger partial charge in [0.15, 0.2) is 0 Å². The lowest BCUT2D eigenvalue weighted by Crippen LogP contribution is -2.11. The maximum absolute atomic E-state index is 9.83. The van der Waals surface area contributed by atoms with E-state index in [0.717, 1.165) is 21.9 Å². The minimum atomic E-state index is -0.0236. The molecule has 17 heavy (non-hydrogen) atoms. The summed E-state index contributed by atoms with van der Waals surface area (Å²) in [6.45, 7) is 6.39. The van der Waals surface area contributed by atoms with E-state index in [2.05, 4.69) is 32.8 Å². The Morgan fingerprint density at radius 2 is 1.82 bits per heavy atom. The highest BCUT2D eigenvalue weighted by Gasteiger charge is 2.18. The molecule has 0 saturated carbocycles. The third-order valence-corrected chi connectivity index (χ3v) is 2.94. The van der Waals surface area contributed by atoms with Crippen LogP contribution in [0.4, 0.5) is 0 Å². The van der Waals surface area contributed by atoms with Crippen molar-refractivity contribution in [3.63, 3.8) is 0 Å². The molecule has 0 amide bonds. The number of aromatic hydroxyl groups is 1. The number of fused-ring (bicyclic) bond motifs is 1. The zero-order valence-electron chi connectivity index (χ0n) is 10.4. The number of rotatable bonds is 0. The molecule has 0 aliphatic carbocycles. The van der Waals surface area contributed by atoms with Crippen molar-refractivity contribution in [2.24, 2.45) is 0 Å². The first kappa shape index (κ1) is 11.5. The molecular formula is C16H16O. The van der Waals surface area contributed by atoms with Crippen LogP contribution in [0.15, 0.2) is 30.3 Å². The lowest BCUT2D eigenvalue weighted by Gasteiger charge is -2.22. The first-order valence-corrected chi connectivity index (χ1v) is 5.66. The molecule has 2 rings (SSSR count). The normalized spacial score (nSPS) is 11.4. The Hall–Kier alpha value is -1.94. The molecule has 0 fully saturated rings. The van der Waals surface area contributed by atoms with E-state index in [0.29, 0.717) is 0 Å². The Kier molecular flexibility index (Phi) is 2.59. The summed E-state index contributed by atoms with van der Waals surface area (Å²) in [6, 6.07) is 9.47. The van der Waals surface area contributed by atoms with Gasteiger partial charge in [-0.05, 0) is 34.6 Å². The third kappa shape index (κ3) is 1.99. The first-order chi connectivity index (χ1) is 7.93. The molecule has 86 valence electrons. The summed E-state index contributed by atoms with van der Waals surface area (Å²) in [7, 11) is 0. The van der Waals surface area contributed by atoms with Gasteiger partial charge in [0.2, 0.25) is 0 Å². The molecule has 1 nitrogen and oxygen atoms in total. The second-order valence-electron chi connectivity index (χ2n) is 5.29. The quantitative estimate of drug-likeness (QED) is 0.674. The molecule has 0 unspecified atom stereocenters. The van der Waals surface area contributed by atoms with E-state index in [1.807, 2.05) is 18.2 Å². The Balaban J connectivity index is 2.92. The fraction of sp³-hybridized carbons (Fsp3) is 0.250. The fourth-order valence-corrected chi connectivity index (χ4v) is 2.12. The predicted molar refractivity (Wildman–Crippen MR) is 72.2 cm³/mol. The predicted octanol–water partition coefficient (Wildman–Crippen LogP) is 3.82. The minimum Gasteiger partial charge on any atom is -0.508 e. The molecule has 2 aromatic carbocycles. The zero-order chi connectivity index (χ0) is 12.6. The first-order valence-electron chi connectivity index (χ1n) is 5.66. The molecule has 0 aliphatic heterocycles. The topological polar surface area (TPSA) is 20.2 Å². The summed E-state index contributed by atoms with van der Waals surface area (Å²) in [6.07, 6.45) is 5.49. The van der Waals surface area contributed by atoms with Crippen LogP contribution in [-0.2, 0) is 5.41 Å². The van der Waals surface area contributed by atoms with Crippen LogP contribution in [-0.4, -0.2) is 5.11 Å². The molecule has 0 saturated heterocycles. The molecule has 0 bridgehead atoms. The summed E-state index contributed by atoms with van der Waals surface area (Å²) in [5, 5.41) is 11.9. The van der Waals surface area contributed by atoms with Crippen LogP contribution < -0.4 is 0 Å². The van der Waals surface area contributed by atoms with E-state index < -0.39 is 0 Å². The lowest BCUT2D eigenvalue weighted by atomic mass is 9.83. The van der Waals surface area contributed by atoms with Crippen molar-refractivity contribution < 1.29 is 5.11 Å². The molecule has 0 atom stereocenters. The molecule has 0 spiro atoms. The van der Waals surface area contributed by atoms with Gasteiger partial charge >= 0.3 is 0 Å². The third-order valence-electron chi connectivity index (χ3n) is 2.94. The van der Waals surface area contributed by atoms with E-state index in [-0.39, 0.29) is 11.2 Å². The maximum atomic E-state index is 9.83. The van der Waals surface area contributed by atoms with Crippen LogP contribution in [0, 0.1) is 12.3 Å². The number of hydrogen-bond donors (Lipinski definition) is 1. The number of terminal acetylenes is 1. The Morgan fingerprint density at radius 1 is 1.12 bits per heavy atom. The van der Waals surface area contributed by atoms with Crippen LogP contribution in [0.3, 0.4) is 0 Å². The largest absolute Gasteiger partial charge is 0.508 e.